The number of nitrogens with one attached hydrogen (secondary N) is 1. The highest BCUT2D eigenvalue weighted by Crippen LogP contribution is 2.40. The summed E-state index contributed by atoms with van der Waals surface area (Å²) in [4.78, 5) is 4.80. The first-order valence-corrected chi connectivity index (χ1v) is 6.77. The van der Waals surface area contributed by atoms with Gasteiger partial charge < -0.3 is 4.90 Å². The van der Waals surface area contributed by atoms with Crippen LogP contribution in [-0.2, 0) is 0 Å². The van der Waals surface area contributed by atoms with E-state index in [-0.39, 0.29) is 5.54 Å². The largest absolute Gasteiger partial charge is 0.304 e. The van der Waals surface area contributed by atoms with Gasteiger partial charge >= 0.3 is 0 Å². The van der Waals surface area contributed by atoms with Crippen LogP contribution in [0.5, 0.6) is 0 Å². The Morgan fingerprint density at radius 1 is 1.29 bits per heavy atom. The summed E-state index contributed by atoms with van der Waals surface area (Å²) in [6, 6.07) is 2.57. The zero-order valence-corrected chi connectivity index (χ0v) is 11.1. The maximum absolute atomic E-state index is 9.55. The van der Waals surface area contributed by atoms with Crippen molar-refractivity contribution in [2.45, 2.75) is 25.3 Å². The third kappa shape index (κ3) is 2.98. The van der Waals surface area contributed by atoms with E-state index >= 15 is 0 Å². The van der Waals surface area contributed by atoms with E-state index in [1.165, 1.54) is 12.8 Å². The Kier molecular flexibility index (Phi) is 4.03. The second-order valence-electron chi connectivity index (χ2n) is 5.47. The zero-order chi connectivity index (χ0) is 12.3. The Hall–Kier alpha value is -0.630. The van der Waals surface area contributed by atoms with Gasteiger partial charge in [-0.1, -0.05) is 6.92 Å². The third-order valence-electron chi connectivity index (χ3n) is 4.03. The molecule has 1 aliphatic heterocycles. The van der Waals surface area contributed by atoms with Gasteiger partial charge in [-0.2, -0.15) is 5.26 Å². The molecule has 0 amide bonds. The number of hydrogen-bond donors (Lipinski definition) is 1. The van der Waals surface area contributed by atoms with Crippen LogP contribution in [0.2, 0.25) is 0 Å². The van der Waals surface area contributed by atoms with E-state index in [1.807, 2.05) is 0 Å². The molecule has 2 aliphatic rings. The summed E-state index contributed by atoms with van der Waals surface area (Å²) >= 11 is 0. The number of piperazine rings is 1. The number of nitrogens with zero attached hydrogens (tertiary/aromatic N) is 3. The maximum Gasteiger partial charge on any atom is 0.122 e. The Morgan fingerprint density at radius 2 is 1.94 bits per heavy atom. The molecule has 0 bridgehead atoms. The molecule has 2 rings (SSSR count). The molecule has 1 heterocycles. The van der Waals surface area contributed by atoms with E-state index in [9.17, 15) is 5.26 Å². The fraction of sp³-hybridized carbons (Fsp3) is 0.923. The Balaban J connectivity index is 1.95. The van der Waals surface area contributed by atoms with Crippen molar-refractivity contribution < 1.29 is 0 Å². The minimum Gasteiger partial charge on any atom is -0.304 e. The lowest BCUT2D eigenvalue weighted by Gasteiger charge is -2.38. The third-order valence-corrected chi connectivity index (χ3v) is 4.03. The first-order chi connectivity index (χ1) is 8.20. The molecule has 1 saturated carbocycles. The average molecular weight is 236 g/mol. The number of nitriles is 1. The van der Waals surface area contributed by atoms with Crippen LogP contribution in [0.25, 0.3) is 0 Å². The second-order valence-corrected chi connectivity index (χ2v) is 5.47. The molecule has 2 fully saturated rings. The summed E-state index contributed by atoms with van der Waals surface area (Å²) < 4.78 is 0. The van der Waals surface area contributed by atoms with Crippen molar-refractivity contribution in [2.24, 2.45) is 5.92 Å². The molecule has 4 nitrogen and oxygen atoms in total. The molecule has 0 aromatic heterocycles. The molecule has 1 N–H and O–H groups in total. The molecule has 1 unspecified atom stereocenters. The number of rotatable bonds is 5. The number of hydrogen-bond acceptors (Lipinski definition) is 4. The minimum atomic E-state index is -0.287. The van der Waals surface area contributed by atoms with Gasteiger partial charge in [-0.15, -0.1) is 0 Å². The number of likely N-dealkylation sites (N-methyl/N-ethyl adjacent to an activating group) is 2. The van der Waals surface area contributed by atoms with Crippen molar-refractivity contribution in [2.75, 3.05) is 46.3 Å². The highest BCUT2D eigenvalue weighted by Gasteiger charge is 2.46. The molecule has 1 aliphatic carbocycles. The Bertz CT molecular complexity index is 286. The van der Waals surface area contributed by atoms with Crippen LogP contribution in [0.1, 0.15) is 19.8 Å². The quantitative estimate of drug-likeness (QED) is 0.755. The van der Waals surface area contributed by atoms with Gasteiger partial charge in [0, 0.05) is 32.7 Å². The smallest absolute Gasteiger partial charge is 0.122 e. The van der Waals surface area contributed by atoms with Crippen molar-refractivity contribution in [3.63, 3.8) is 0 Å². The predicted octanol–water partition coefficient (Wildman–Crippen LogP) is 0.516. The molecule has 0 aromatic rings. The summed E-state index contributed by atoms with van der Waals surface area (Å²) in [6.07, 6.45) is 2.43. The maximum atomic E-state index is 9.55. The Morgan fingerprint density at radius 3 is 2.41 bits per heavy atom. The average Bonchev–Trinajstić information content (AvgIpc) is 3.16. The van der Waals surface area contributed by atoms with Gasteiger partial charge in [0.2, 0.25) is 0 Å². The molecule has 4 heteroatoms. The topological polar surface area (TPSA) is 42.3 Å². The summed E-state index contributed by atoms with van der Waals surface area (Å²) in [5.41, 5.74) is -0.287. The molecule has 96 valence electrons. The summed E-state index contributed by atoms with van der Waals surface area (Å²) in [7, 11) is 2.17. The van der Waals surface area contributed by atoms with Crippen molar-refractivity contribution in [3.05, 3.63) is 0 Å². The highest BCUT2D eigenvalue weighted by molar-refractivity contribution is 5.16. The van der Waals surface area contributed by atoms with E-state index in [0.717, 1.165) is 39.3 Å². The van der Waals surface area contributed by atoms with E-state index in [1.54, 1.807) is 0 Å². The summed E-state index contributed by atoms with van der Waals surface area (Å²) in [5, 5.41) is 13.0. The van der Waals surface area contributed by atoms with Crippen molar-refractivity contribution in [1.82, 2.24) is 15.1 Å². The Labute approximate surface area is 105 Å². The fourth-order valence-electron chi connectivity index (χ4n) is 2.75. The van der Waals surface area contributed by atoms with Crippen LogP contribution in [0.15, 0.2) is 0 Å². The van der Waals surface area contributed by atoms with Crippen molar-refractivity contribution in [1.29, 1.82) is 5.26 Å². The second kappa shape index (κ2) is 5.34. The highest BCUT2D eigenvalue weighted by atomic mass is 15.3. The van der Waals surface area contributed by atoms with Gasteiger partial charge in [0.1, 0.15) is 5.54 Å². The van der Waals surface area contributed by atoms with Crippen molar-refractivity contribution in [3.8, 4) is 6.07 Å². The van der Waals surface area contributed by atoms with Crippen LogP contribution in [0.3, 0.4) is 0 Å². The van der Waals surface area contributed by atoms with Gasteiger partial charge in [0.05, 0.1) is 6.07 Å². The minimum absolute atomic E-state index is 0.287. The van der Waals surface area contributed by atoms with Crippen LogP contribution < -0.4 is 5.32 Å². The fourth-order valence-corrected chi connectivity index (χ4v) is 2.75. The monoisotopic (exact) mass is 236 g/mol. The van der Waals surface area contributed by atoms with Crippen LogP contribution >= 0.6 is 0 Å². The molecule has 0 radical (unpaired) electrons. The lowest BCUT2D eigenvalue weighted by atomic mass is 9.93. The van der Waals surface area contributed by atoms with Gasteiger partial charge in [-0.05, 0) is 32.4 Å². The van der Waals surface area contributed by atoms with Gasteiger partial charge in [0.15, 0.2) is 0 Å². The predicted molar refractivity (Wildman–Crippen MR) is 68.7 cm³/mol. The van der Waals surface area contributed by atoms with Crippen LogP contribution in [0, 0.1) is 17.2 Å². The molecule has 0 spiro atoms. The molecular formula is C13H24N4. The van der Waals surface area contributed by atoms with Crippen molar-refractivity contribution >= 4 is 0 Å². The molecule has 1 atom stereocenters. The molecular weight excluding hydrogens is 212 g/mol. The van der Waals surface area contributed by atoms with Crippen LogP contribution in [-0.4, -0.2) is 61.7 Å². The summed E-state index contributed by atoms with van der Waals surface area (Å²) in [6.45, 7) is 8.32. The SMILES string of the molecule is CCNC(C#N)(CN1CCN(C)CC1)C1CC1. The molecule has 17 heavy (non-hydrogen) atoms. The van der Waals surface area contributed by atoms with E-state index in [0.29, 0.717) is 5.92 Å². The van der Waals surface area contributed by atoms with Crippen LogP contribution in [0.4, 0.5) is 0 Å². The zero-order valence-electron chi connectivity index (χ0n) is 11.1. The van der Waals surface area contributed by atoms with Gasteiger partial charge in [0.25, 0.3) is 0 Å². The lowest BCUT2D eigenvalue weighted by Crippen LogP contribution is -2.57. The molecule has 0 aromatic carbocycles. The first-order valence-electron chi connectivity index (χ1n) is 6.77. The standard InChI is InChI=1S/C13H24N4/c1-3-15-13(10-14,12-4-5-12)11-17-8-6-16(2)7-9-17/h12,15H,3-9,11H2,1-2H3. The lowest BCUT2D eigenvalue weighted by molar-refractivity contribution is 0.123. The molecule has 1 saturated heterocycles. The van der Waals surface area contributed by atoms with Gasteiger partial charge in [-0.3, -0.25) is 10.2 Å². The normalized spacial score (nSPS) is 26.4. The van der Waals surface area contributed by atoms with Gasteiger partial charge in [-0.25, -0.2) is 0 Å². The summed E-state index contributed by atoms with van der Waals surface area (Å²) in [5.74, 6) is 0.576. The van der Waals surface area contributed by atoms with E-state index in [4.69, 9.17) is 0 Å². The van der Waals surface area contributed by atoms with E-state index in [2.05, 4.69) is 35.2 Å². The first kappa shape index (κ1) is 12.8. The van der Waals surface area contributed by atoms with E-state index < -0.39 is 0 Å².